The standard InChI is InChI=1S/C22H29NO3/c1-2-3-17-26-21-13-8-7-12-20(21)23-22(24)14-9-16-25-18-15-19-10-5-4-6-11-19/h4-8,10-13H,2-3,9,14-18H2,1H3,(H,23,24). The lowest BCUT2D eigenvalue weighted by molar-refractivity contribution is -0.116. The molecule has 0 aromatic heterocycles. The van der Waals surface area contributed by atoms with Crippen LogP contribution in [0.3, 0.4) is 0 Å². The zero-order valence-electron chi connectivity index (χ0n) is 15.6. The maximum absolute atomic E-state index is 12.1. The first-order chi connectivity index (χ1) is 12.8. The van der Waals surface area contributed by atoms with Gasteiger partial charge in [0.15, 0.2) is 0 Å². The van der Waals surface area contributed by atoms with E-state index in [4.69, 9.17) is 9.47 Å². The third-order valence-electron chi connectivity index (χ3n) is 3.99. The number of hydrogen-bond acceptors (Lipinski definition) is 3. The summed E-state index contributed by atoms with van der Waals surface area (Å²) in [5.41, 5.74) is 2.00. The molecule has 26 heavy (non-hydrogen) atoms. The second kappa shape index (κ2) is 12.1. The van der Waals surface area contributed by atoms with Gasteiger partial charge in [-0.1, -0.05) is 55.8 Å². The van der Waals surface area contributed by atoms with Crippen molar-refractivity contribution in [1.82, 2.24) is 0 Å². The molecule has 0 fully saturated rings. The molecule has 0 unspecified atom stereocenters. The van der Waals surface area contributed by atoms with E-state index >= 15 is 0 Å². The predicted molar refractivity (Wildman–Crippen MR) is 106 cm³/mol. The lowest BCUT2D eigenvalue weighted by Gasteiger charge is -2.12. The highest BCUT2D eigenvalue weighted by Gasteiger charge is 2.07. The molecule has 0 spiro atoms. The molecular formula is C22H29NO3. The molecule has 0 saturated heterocycles. The first kappa shape index (κ1) is 20.0. The number of amides is 1. The minimum Gasteiger partial charge on any atom is -0.491 e. The van der Waals surface area contributed by atoms with Gasteiger partial charge >= 0.3 is 0 Å². The highest BCUT2D eigenvalue weighted by Crippen LogP contribution is 2.24. The molecule has 0 aliphatic rings. The third-order valence-corrected chi connectivity index (χ3v) is 3.99. The van der Waals surface area contributed by atoms with Crippen molar-refractivity contribution in [3.05, 3.63) is 60.2 Å². The van der Waals surface area contributed by atoms with E-state index in [1.807, 2.05) is 42.5 Å². The van der Waals surface area contributed by atoms with E-state index in [9.17, 15) is 4.79 Å². The van der Waals surface area contributed by atoms with Gasteiger partial charge in [0, 0.05) is 13.0 Å². The number of rotatable bonds is 12. The summed E-state index contributed by atoms with van der Waals surface area (Å²) in [5.74, 6) is 0.719. The molecule has 140 valence electrons. The fourth-order valence-electron chi connectivity index (χ4n) is 2.51. The molecule has 2 rings (SSSR count). The van der Waals surface area contributed by atoms with E-state index in [0.717, 1.165) is 30.7 Å². The molecule has 0 aliphatic carbocycles. The van der Waals surface area contributed by atoms with Crippen molar-refractivity contribution >= 4 is 11.6 Å². The van der Waals surface area contributed by atoms with Crippen LogP contribution in [0.15, 0.2) is 54.6 Å². The van der Waals surface area contributed by atoms with Crippen molar-refractivity contribution in [3.8, 4) is 5.75 Å². The van der Waals surface area contributed by atoms with Gasteiger partial charge in [0.2, 0.25) is 5.91 Å². The normalized spacial score (nSPS) is 10.5. The molecule has 0 radical (unpaired) electrons. The Kier molecular flexibility index (Phi) is 9.30. The molecule has 0 atom stereocenters. The van der Waals surface area contributed by atoms with Gasteiger partial charge in [0.05, 0.1) is 18.9 Å². The number of hydrogen-bond donors (Lipinski definition) is 1. The molecule has 2 aromatic carbocycles. The van der Waals surface area contributed by atoms with Crippen molar-refractivity contribution in [2.75, 3.05) is 25.1 Å². The van der Waals surface area contributed by atoms with E-state index in [1.54, 1.807) is 0 Å². The molecule has 0 bridgehead atoms. The minimum absolute atomic E-state index is 0.0109. The van der Waals surface area contributed by atoms with E-state index in [1.165, 1.54) is 5.56 Å². The molecule has 1 amide bonds. The third kappa shape index (κ3) is 7.70. The molecule has 2 aromatic rings. The quantitative estimate of drug-likeness (QED) is 0.554. The average Bonchev–Trinajstić information content (AvgIpc) is 2.67. The number of anilines is 1. The smallest absolute Gasteiger partial charge is 0.224 e. The zero-order valence-corrected chi connectivity index (χ0v) is 15.6. The molecule has 0 heterocycles. The van der Waals surface area contributed by atoms with Gasteiger partial charge in [-0.05, 0) is 37.0 Å². The zero-order chi connectivity index (χ0) is 18.5. The molecule has 0 saturated carbocycles. The van der Waals surface area contributed by atoms with Crippen molar-refractivity contribution in [3.63, 3.8) is 0 Å². The minimum atomic E-state index is -0.0109. The fraction of sp³-hybridized carbons (Fsp3) is 0.409. The van der Waals surface area contributed by atoms with E-state index < -0.39 is 0 Å². The maximum atomic E-state index is 12.1. The van der Waals surface area contributed by atoms with Crippen LogP contribution in [0.25, 0.3) is 0 Å². The highest BCUT2D eigenvalue weighted by molar-refractivity contribution is 5.92. The van der Waals surface area contributed by atoms with Crippen molar-refractivity contribution in [2.45, 2.75) is 39.0 Å². The first-order valence-corrected chi connectivity index (χ1v) is 9.43. The summed E-state index contributed by atoms with van der Waals surface area (Å²) in [6.07, 6.45) is 4.13. The highest BCUT2D eigenvalue weighted by atomic mass is 16.5. The summed E-state index contributed by atoms with van der Waals surface area (Å²) >= 11 is 0. The number of para-hydroxylation sites is 2. The van der Waals surface area contributed by atoms with Gasteiger partial charge in [-0.3, -0.25) is 4.79 Å². The fourth-order valence-corrected chi connectivity index (χ4v) is 2.51. The largest absolute Gasteiger partial charge is 0.491 e. The summed E-state index contributed by atoms with van der Waals surface area (Å²) < 4.78 is 11.4. The van der Waals surface area contributed by atoms with Crippen LogP contribution >= 0.6 is 0 Å². The summed E-state index contributed by atoms with van der Waals surface area (Å²) in [5, 5.41) is 2.93. The molecule has 4 nitrogen and oxygen atoms in total. The SMILES string of the molecule is CCCCOc1ccccc1NC(=O)CCCOCCc1ccccc1. The van der Waals surface area contributed by atoms with Gasteiger partial charge in [-0.2, -0.15) is 0 Å². The number of nitrogens with one attached hydrogen (secondary N) is 1. The van der Waals surface area contributed by atoms with Crippen molar-refractivity contribution in [1.29, 1.82) is 0 Å². The van der Waals surface area contributed by atoms with Gasteiger partial charge in [0.1, 0.15) is 5.75 Å². The number of carbonyl (C=O) groups is 1. The second-order valence-electron chi connectivity index (χ2n) is 6.20. The lowest BCUT2D eigenvalue weighted by atomic mass is 10.2. The van der Waals surface area contributed by atoms with E-state index in [-0.39, 0.29) is 5.91 Å². The van der Waals surface area contributed by atoms with Crippen LogP contribution in [0.5, 0.6) is 5.75 Å². The summed E-state index contributed by atoms with van der Waals surface area (Å²) in [7, 11) is 0. The van der Waals surface area contributed by atoms with Gasteiger partial charge in [-0.15, -0.1) is 0 Å². The Morgan fingerprint density at radius 2 is 1.69 bits per heavy atom. The first-order valence-electron chi connectivity index (χ1n) is 9.43. The van der Waals surface area contributed by atoms with Gasteiger partial charge in [0.25, 0.3) is 0 Å². The van der Waals surface area contributed by atoms with Crippen molar-refractivity contribution < 1.29 is 14.3 Å². The van der Waals surface area contributed by atoms with Crippen LogP contribution in [0.1, 0.15) is 38.2 Å². The van der Waals surface area contributed by atoms with Crippen LogP contribution in [-0.4, -0.2) is 25.7 Å². The Hall–Kier alpha value is -2.33. The molecule has 0 aliphatic heterocycles. The van der Waals surface area contributed by atoms with E-state index in [0.29, 0.717) is 32.7 Å². The second-order valence-corrected chi connectivity index (χ2v) is 6.20. The maximum Gasteiger partial charge on any atom is 0.224 e. The number of ether oxygens (including phenoxy) is 2. The van der Waals surface area contributed by atoms with Crippen LogP contribution in [0, 0.1) is 0 Å². The lowest BCUT2D eigenvalue weighted by Crippen LogP contribution is -2.13. The van der Waals surface area contributed by atoms with Crippen LogP contribution in [0.2, 0.25) is 0 Å². The van der Waals surface area contributed by atoms with Gasteiger partial charge < -0.3 is 14.8 Å². The Labute approximate surface area is 156 Å². The number of carbonyl (C=O) groups excluding carboxylic acids is 1. The van der Waals surface area contributed by atoms with Crippen LogP contribution in [-0.2, 0) is 16.0 Å². The van der Waals surface area contributed by atoms with Crippen molar-refractivity contribution in [2.24, 2.45) is 0 Å². The number of unbranched alkanes of at least 4 members (excludes halogenated alkanes) is 1. The van der Waals surface area contributed by atoms with Crippen LogP contribution in [0.4, 0.5) is 5.69 Å². The average molecular weight is 355 g/mol. The number of benzene rings is 2. The molecule has 1 N–H and O–H groups in total. The Balaban J connectivity index is 1.63. The summed E-state index contributed by atoms with van der Waals surface area (Å²) in [6.45, 7) is 4.06. The molecular weight excluding hydrogens is 326 g/mol. The molecule has 4 heteroatoms. The van der Waals surface area contributed by atoms with E-state index in [2.05, 4.69) is 24.4 Å². The summed E-state index contributed by atoms with van der Waals surface area (Å²) in [4.78, 5) is 12.1. The Morgan fingerprint density at radius 3 is 2.50 bits per heavy atom. The van der Waals surface area contributed by atoms with Crippen LogP contribution < -0.4 is 10.1 Å². The monoisotopic (exact) mass is 355 g/mol. The summed E-state index contributed by atoms with van der Waals surface area (Å²) in [6, 6.07) is 17.8. The Bertz CT molecular complexity index is 643. The predicted octanol–water partition coefficient (Wildman–Crippen LogP) is 4.84. The van der Waals surface area contributed by atoms with Gasteiger partial charge in [-0.25, -0.2) is 0 Å². The Morgan fingerprint density at radius 1 is 0.923 bits per heavy atom. The topological polar surface area (TPSA) is 47.6 Å².